The van der Waals surface area contributed by atoms with Crippen molar-refractivity contribution in [3.05, 3.63) is 0 Å². The van der Waals surface area contributed by atoms with E-state index in [1.54, 1.807) is 0 Å². The molecular formula is C7H11NO3. The first-order chi connectivity index (χ1) is 5.27. The van der Waals surface area contributed by atoms with Gasteiger partial charge < -0.3 is 14.8 Å². The number of carbonyl (C=O) groups excluding carboxylic acids is 1. The molecule has 0 amide bonds. The van der Waals surface area contributed by atoms with Crippen molar-refractivity contribution in [2.24, 2.45) is 0 Å². The van der Waals surface area contributed by atoms with Crippen molar-refractivity contribution in [3.8, 4) is 0 Å². The number of hydrogen-bond acceptors (Lipinski definition) is 4. The minimum Gasteiger partial charge on any atom is -0.467 e. The first-order valence-corrected chi connectivity index (χ1v) is 3.73. The third-order valence-electron chi connectivity index (χ3n) is 2.37. The number of nitrogens with one attached hydrogen (secondary N) is 1. The van der Waals surface area contributed by atoms with E-state index >= 15 is 0 Å². The van der Waals surface area contributed by atoms with Crippen molar-refractivity contribution in [2.45, 2.75) is 18.1 Å². The molecule has 0 spiro atoms. The molecule has 0 aromatic carbocycles. The molecule has 4 nitrogen and oxygen atoms in total. The molecule has 2 fully saturated rings. The Hall–Kier alpha value is -0.610. The number of morpholine rings is 1. The second kappa shape index (κ2) is 2.19. The molecule has 0 aromatic rings. The monoisotopic (exact) mass is 157 g/mol. The molecular weight excluding hydrogens is 146 g/mol. The van der Waals surface area contributed by atoms with E-state index in [2.05, 4.69) is 10.1 Å². The summed E-state index contributed by atoms with van der Waals surface area (Å²) in [4.78, 5) is 11.2. The number of fused-ring (bicyclic) bond motifs is 2. The van der Waals surface area contributed by atoms with Crippen LogP contribution in [0.2, 0.25) is 0 Å². The maximum Gasteiger partial charge on any atom is 0.339 e. The van der Waals surface area contributed by atoms with Gasteiger partial charge in [0.05, 0.1) is 13.7 Å². The molecule has 2 rings (SSSR count). The maximum absolute atomic E-state index is 11.2. The van der Waals surface area contributed by atoms with Crippen LogP contribution >= 0.6 is 0 Å². The molecule has 0 aliphatic carbocycles. The first-order valence-electron chi connectivity index (χ1n) is 3.73. The van der Waals surface area contributed by atoms with Gasteiger partial charge in [-0.15, -0.1) is 0 Å². The van der Waals surface area contributed by atoms with Crippen LogP contribution < -0.4 is 5.32 Å². The molecule has 2 atom stereocenters. The van der Waals surface area contributed by atoms with E-state index in [0.29, 0.717) is 19.2 Å². The molecule has 11 heavy (non-hydrogen) atoms. The van der Waals surface area contributed by atoms with E-state index < -0.39 is 5.60 Å². The third kappa shape index (κ3) is 0.862. The van der Waals surface area contributed by atoms with Crippen LogP contribution in [0.15, 0.2) is 0 Å². The lowest BCUT2D eigenvalue weighted by molar-refractivity contribution is -0.163. The fraction of sp³-hybridized carbons (Fsp3) is 0.857. The fourth-order valence-corrected chi connectivity index (χ4v) is 1.74. The highest BCUT2D eigenvalue weighted by atomic mass is 16.6. The molecule has 2 aliphatic rings. The van der Waals surface area contributed by atoms with E-state index in [1.165, 1.54) is 7.11 Å². The van der Waals surface area contributed by atoms with Gasteiger partial charge in [0.1, 0.15) is 0 Å². The third-order valence-corrected chi connectivity index (χ3v) is 2.37. The molecule has 0 radical (unpaired) electrons. The highest BCUT2D eigenvalue weighted by molar-refractivity contribution is 5.81. The van der Waals surface area contributed by atoms with Gasteiger partial charge in [-0.05, 0) is 0 Å². The number of carbonyl (C=O) groups is 1. The van der Waals surface area contributed by atoms with Crippen molar-refractivity contribution in [1.29, 1.82) is 0 Å². The fourth-order valence-electron chi connectivity index (χ4n) is 1.74. The van der Waals surface area contributed by atoms with Crippen LogP contribution in [0.3, 0.4) is 0 Å². The predicted molar refractivity (Wildman–Crippen MR) is 37.1 cm³/mol. The molecule has 4 heteroatoms. The number of rotatable bonds is 1. The summed E-state index contributed by atoms with van der Waals surface area (Å²) in [6.07, 6.45) is 0.764. The molecule has 0 aromatic heterocycles. The van der Waals surface area contributed by atoms with Crippen molar-refractivity contribution in [1.82, 2.24) is 5.32 Å². The predicted octanol–water partition coefficient (Wildman–Crippen LogP) is -0.710. The largest absolute Gasteiger partial charge is 0.467 e. The van der Waals surface area contributed by atoms with Gasteiger partial charge in [0.25, 0.3) is 0 Å². The zero-order valence-electron chi connectivity index (χ0n) is 6.42. The summed E-state index contributed by atoms with van der Waals surface area (Å²) in [6, 6.07) is 0.356. The summed E-state index contributed by atoms with van der Waals surface area (Å²) in [5.74, 6) is -0.245. The van der Waals surface area contributed by atoms with E-state index in [-0.39, 0.29) is 5.97 Å². The van der Waals surface area contributed by atoms with Crippen molar-refractivity contribution in [2.75, 3.05) is 20.3 Å². The smallest absolute Gasteiger partial charge is 0.339 e. The number of ether oxygens (including phenoxy) is 2. The SMILES string of the molecule is COC(=O)[C@]12CN[C@H](CO1)C2. The number of esters is 1. The van der Waals surface area contributed by atoms with Crippen LogP contribution in [0.4, 0.5) is 0 Å². The second-order valence-corrected chi connectivity index (χ2v) is 3.08. The molecule has 0 unspecified atom stereocenters. The Bertz CT molecular complexity index is 184. The van der Waals surface area contributed by atoms with Gasteiger partial charge >= 0.3 is 5.97 Å². The van der Waals surface area contributed by atoms with Crippen molar-refractivity contribution < 1.29 is 14.3 Å². The molecule has 0 saturated carbocycles. The normalized spacial score (nSPS) is 41.0. The Balaban J connectivity index is 2.16. The lowest BCUT2D eigenvalue weighted by Crippen LogP contribution is -2.45. The Kier molecular flexibility index (Phi) is 1.40. The van der Waals surface area contributed by atoms with Crippen LogP contribution in [0.5, 0.6) is 0 Å². The molecule has 2 heterocycles. The van der Waals surface area contributed by atoms with Gasteiger partial charge in [0.15, 0.2) is 5.60 Å². The standard InChI is InChI=1S/C7H11NO3/c1-10-6(9)7-2-5(3-11-7)8-4-7/h5,8H,2-4H2,1H3/t5-,7-/m0/s1. The molecule has 2 bridgehead atoms. The Morgan fingerprint density at radius 2 is 2.64 bits per heavy atom. The van der Waals surface area contributed by atoms with Gasteiger partial charge in [-0.1, -0.05) is 0 Å². The summed E-state index contributed by atoms with van der Waals surface area (Å²) in [7, 11) is 1.39. The maximum atomic E-state index is 11.2. The summed E-state index contributed by atoms with van der Waals surface area (Å²) >= 11 is 0. The highest BCUT2D eigenvalue weighted by Crippen LogP contribution is 2.31. The van der Waals surface area contributed by atoms with Gasteiger partial charge in [0, 0.05) is 19.0 Å². The molecule has 62 valence electrons. The van der Waals surface area contributed by atoms with Crippen molar-refractivity contribution in [3.63, 3.8) is 0 Å². The molecule has 2 saturated heterocycles. The summed E-state index contributed by atoms with van der Waals surface area (Å²) in [5.41, 5.74) is -0.653. The zero-order chi connectivity index (χ0) is 7.90. The topological polar surface area (TPSA) is 47.6 Å². The van der Waals surface area contributed by atoms with E-state index in [9.17, 15) is 4.79 Å². The van der Waals surface area contributed by atoms with Crippen LogP contribution in [0.1, 0.15) is 6.42 Å². The quantitative estimate of drug-likeness (QED) is 0.511. The number of methoxy groups -OCH3 is 1. The average molecular weight is 157 g/mol. The minimum absolute atomic E-state index is 0.245. The summed E-state index contributed by atoms with van der Waals surface area (Å²) in [6.45, 7) is 1.24. The van der Waals surface area contributed by atoms with Crippen LogP contribution in [0, 0.1) is 0 Å². The molecule has 2 aliphatic heterocycles. The van der Waals surface area contributed by atoms with E-state index in [4.69, 9.17) is 4.74 Å². The minimum atomic E-state index is -0.653. The van der Waals surface area contributed by atoms with Gasteiger partial charge in [-0.25, -0.2) is 4.79 Å². The Morgan fingerprint density at radius 1 is 1.82 bits per heavy atom. The van der Waals surface area contributed by atoms with Crippen molar-refractivity contribution >= 4 is 5.97 Å². The lowest BCUT2D eigenvalue weighted by Gasteiger charge is -2.23. The van der Waals surface area contributed by atoms with Crippen LogP contribution in [0.25, 0.3) is 0 Å². The van der Waals surface area contributed by atoms with Crippen LogP contribution in [-0.4, -0.2) is 37.9 Å². The first kappa shape index (κ1) is 7.06. The van der Waals surface area contributed by atoms with Gasteiger partial charge in [0.2, 0.25) is 0 Å². The summed E-state index contributed by atoms with van der Waals surface area (Å²) in [5, 5.41) is 3.19. The van der Waals surface area contributed by atoms with Gasteiger partial charge in [-0.2, -0.15) is 0 Å². The van der Waals surface area contributed by atoms with Gasteiger partial charge in [-0.3, -0.25) is 0 Å². The number of hydrogen-bond donors (Lipinski definition) is 1. The van der Waals surface area contributed by atoms with E-state index in [1.807, 2.05) is 0 Å². The summed E-state index contributed by atoms with van der Waals surface area (Å²) < 4.78 is 10.0. The van der Waals surface area contributed by atoms with Crippen LogP contribution in [-0.2, 0) is 14.3 Å². The lowest BCUT2D eigenvalue weighted by atomic mass is 10.0. The second-order valence-electron chi connectivity index (χ2n) is 3.08. The van der Waals surface area contributed by atoms with E-state index in [0.717, 1.165) is 6.42 Å². The zero-order valence-corrected chi connectivity index (χ0v) is 6.42. The Labute approximate surface area is 64.9 Å². The average Bonchev–Trinajstić information content (AvgIpc) is 2.62. The highest BCUT2D eigenvalue weighted by Gasteiger charge is 2.52. The molecule has 1 N–H and O–H groups in total. The Morgan fingerprint density at radius 3 is 3.00 bits per heavy atom.